The molecule has 3 aromatic heterocycles. The van der Waals surface area contributed by atoms with E-state index in [0.29, 0.717) is 65.6 Å². The second kappa shape index (κ2) is 15.5. The van der Waals surface area contributed by atoms with Crippen LogP contribution in [-0.4, -0.2) is 78.0 Å². The summed E-state index contributed by atoms with van der Waals surface area (Å²) in [6.07, 6.45) is 8.29. The number of benzene rings is 3. The first kappa shape index (κ1) is 41.5. The highest BCUT2D eigenvalue weighted by molar-refractivity contribution is 7.51. The number of pyridine rings is 1. The van der Waals surface area contributed by atoms with Crippen LogP contribution in [0.1, 0.15) is 85.3 Å². The first-order chi connectivity index (χ1) is 29.0. The smallest absolute Gasteiger partial charge is 0.355 e. The number of anilines is 1. The minimum Gasteiger partial charge on any atom is -0.476 e. The van der Waals surface area contributed by atoms with E-state index >= 15 is 0 Å². The molecule has 3 aromatic carbocycles. The van der Waals surface area contributed by atoms with Gasteiger partial charge in [-0.15, -0.1) is 0 Å². The van der Waals surface area contributed by atoms with Crippen molar-refractivity contribution < 1.29 is 33.8 Å². The molecule has 0 radical (unpaired) electrons. The molecule has 4 bridgehead atoms. The molecule has 3 heterocycles. The zero-order valence-corrected chi connectivity index (χ0v) is 36.3. The minimum atomic E-state index is -3.99. The van der Waals surface area contributed by atoms with Crippen LogP contribution in [0.15, 0.2) is 79.0 Å². The number of hydrogen-bond donors (Lipinski definition) is 5. The number of carboxylic acid groups (broad SMARTS) is 1. The predicted octanol–water partition coefficient (Wildman–Crippen LogP) is 8.93. The van der Waals surface area contributed by atoms with Crippen LogP contribution in [0.2, 0.25) is 0 Å². The Labute approximate surface area is 358 Å². The van der Waals surface area contributed by atoms with Crippen molar-refractivity contribution in [3.05, 3.63) is 95.9 Å². The highest BCUT2D eigenvalue weighted by atomic mass is 32.1. The Bertz CT molecular complexity index is 2690. The molecular weight excluding hydrogens is 812 g/mol. The van der Waals surface area contributed by atoms with Gasteiger partial charge in [0.25, 0.3) is 5.91 Å². The van der Waals surface area contributed by atoms with Gasteiger partial charge in [-0.1, -0.05) is 61.6 Å². The molecule has 0 saturated heterocycles. The summed E-state index contributed by atoms with van der Waals surface area (Å²) < 4.78 is 21.1. The molecule has 4 aliphatic rings. The van der Waals surface area contributed by atoms with Crippen LogP contribution in [0.4, 0.5) is 5.13 Å². The average Bonchev–Trinajstić information content (AvgIpc) is 3.76. The molecule has 0 spiro atoms. The Kier molecular flexibility index (Phi) is 10.6. The van der Waals surface area contributed by atoms with Crippen molar-refractivity contribution in [2.45, 2.75) is 77.9 Å². The Balaban J connectivity index is 0.944. The normalized spacial score (nSPS) is 24.5. The SMILES string of the molecule is Cc1c(-c2ccc(-c3ccc4cccc(C(=O)Nc5nc6ccccc6s5)c4c3)nc2C(=O)O)cnn1CC12CC3(C)CC(C)(C1)CC(OCCNCCCP(=O)(O)O)(C3)C2. The zero-order chi connectivity index (χ0) is 42.8. The van der Waals surface area contributed by atoms with Gasteiger partial charge in [0.05, 0.1) is 40.5 Å². The van der Waals surface area contributed by atoms with E-state index < -0.39 is 13.6 Å². The maximum absolute atomic E-state index is 13.6. The van der Waals surface area contributed by atoms with E-state index in [1.54, 1.807) is 12.3 Å². The van der Waals surface area contributed by atoms with Gasteiger partial charge >= 0.3 is 13.6 Å². The summed E-state index contributed by atoms with van der Waals surface area (Å²) in [7, 11) is -3.99. The summed E-state index contributed by atoms with van der Waals surface area (Å²) in [6, 6.07) is 22.6. The van der Waals surface area contributed by atoms with Crippen LogP contribution in [0.25, 0.3) is 43.4 Å². The summed E-state index contributed by atoms with van der Waals surface area (Å²) in [5.41, 5.74) is 4.45. The number of ether oxygens (including phenoxy) is 1. The predicted molar refractivity (Wildman–Crippen MR) is 237 cm³/mol. The van der Waals surface area contributed by atoms with Crippen molar-refractivity contribution in [2.75, 3.05) is 31.2 Å². The number of fused-ring (bicyclic) bond motifs is 2. The van der Waals surface area contributed by atoms with Crippen LogP contribution in [-0.2, 0) is 15.8 Å². The second-order valence-electron chi connectivity index (χ2n) is 18.6. The number of thiazole rings is 1. The van der Waals surface area contributed by atoms with E-state index in [9.17, 15) is 19.3 Å². The summed E-state index contributed by atoms with van der Waals surface area (Å²) in [4.78, 5) is 54.1. The molecule has 6 aromatic rings. The lowest BCUT2D eigenvalue weighted by molar-refractivity contribution is -0.247. The highest BCUT2D eigenvalue weighted by Crippen LogP contribution is 2.72. The number of aromatic carboxylic acids is 1. The van der Waals surface area contributed by atoms with Gasteiger partial charge in [0.2, 0.25) is 0 Å². The van der Waals surface area contributed by atoms with E-state index in [0.717, 1.165) is 65.4 Å². The van der Waals surface area contributed by atoms with Gasteiger partial charge in [-0.2, -0.15) is 5.10 Å². The molecule has 318 valence electrons. The van der Waals surface area contributed by atoms with Gasteiger partial charge in [0.15, 0.2) is 10.8 Å². The lowest BCUT2D eigenvalue weighted by Gasteiger charge is -2.69. The molecule has 2 unspecified atom stereocenters. The van der Waals surface area contributed by atoms with Crippen LogP contribution in [0.3, 0.4) is 0 Å². The van der Waals surface area contributed by atoms with Crippen molar-refractivity contribution in [1.82, 2.24) is 25.1 Å². The number of para-hydroxylation sites is 1. The molecule has 2 atom stereocenters. The molecule has 61 heavy (non-hydrogen) atoms. The van der Waals surface area contributed by atoms with Gasteiger partial charge in [0, 0.05) is 41.0 Å². The molecule has 10 rings (SSSR count). The highest BCUT2D eigenvalue weighted by Gasteiger charge is 2.66. The Morgan fingerprint density at radius 1 is 0.902 bits per heavy atom. The van der Waals surface area contributed by atoms with E-state index in [1.165, 1.54) is 11.3 Å². The quantitative estimate of drug-likeness (QED) is 0.0490. The van der Waals surface area contributed by atoms with Gasteiger partial charge in [-0.25, -0.2) is 14.8 Å². The van der Waals surface area contributed by atoms with E-state index in [4.69, 9.17) is 24.6 Å². The number of amides is 1. The number of hydrogen-bond acceptors (Lipinski definition) is 9. The van der Waals surface area contributed by atoms with Gasteiger partial charge < -0.3 is 24.9 Å². The van der Waals surface area contributed by atoms with Gasteiger partial charge in [0.1, 0.15) is 0 Å². The molecule has 13 nitrogen and oxygen atoms in total. The van der Waals surface area contributed by atoms with Crippen molar-refractivity contribution in [3.63, 3.8) is 0 Å². The first-order valence-corrected chi connectivity index (χ1v) is 23.5. The molecule has 15 heteroatoms. The Hall–Kier alpha value is -4.82. The first-order valence-electron chi connectivity index (χ1n) is 20.9. The fourth-order valence-electron chi connectivity index (χ4n) is 11.9. The summed E-state index contributed by atoms with van der Waals surface area (Å²) in [5, 5.41) is 23.8. The van der Waals surface area contributed by atoms with Crippen molar-refractivity contribution >= 4 is 56.9 Å². The summed E-state index contributed by atoms with van der Waals surface area (Å²) in [5.74, 6) is -1.43. The number of carboxylic acids is 1. The molecule has 4 aliphatic carbocycles. The maximum atomic E-state index is 13.6. The Morgan fingerprint density at radius 2 is 1.69 bits per heavy atom. The van der Waals surface area contributed by atoms with Crippen molar-refractivity contribution in [2.24, 2.45) is 16.2 Å². The lowest BCUT2D eigenvalue weighted by Crippen LogP contribution is -2.64. The fourth-order valence-corrected chi connectivity index (χ4v) is 13.4. The van der Waals surface area contributed by atoms with Crippen LogP contribution >= 0.6 is 18.9 Å². The third-order valence-electron chi connectivity index (χ3n) is 13.1. The van der Waals surface area contributed by atoms with Crippen LogP contribution in [0.5, 0.6) is 0 Å². The molecule has 0 aliphatic heterocycles. The monoisotopic (exact) mass is 862 g/mol. The van der Waals surface area contributed by atoms with E-state index in [-0.39, 0.29) is 39.6 Å². The molecule has 1 amide bonds. The number of nitrogens with one attached hydrogen (secondary N) is 2. The zero-order valence-electron chi connectivity index (χ0n) is 34.6. The molecule has 4 saturated carbocycles. The molecule has 5 N–H and O–H groups in total. The minimum absolute atomic E-state index is 0.0406. The third kappa shape index (κ3) is 8.41. The number of nitrogens with zero attached hydrogens (tertiary/aromatic N) is 4. The fraction of sp³-hybridized carbons (Fsp3) is 0.413. The summed E-state index contributed by atoms with van der Waals surface area (Å²) in [6.45, 7) is 9.19. The third-order valence-corrected chi connectivity index (χ3v) is 14.9. The average molecular weight is 863 g/mol. The standard InChI is InChI=1S/C46H51N6O7PS/c1-29-35(21-48-52(29)28-45-23-43(2)22-44(3,24-45)26-46(25-43,27-45)59-18-17-47-16-7-19-60(56,57)58)32-14-15-36(49-39(32)41(54)55)31-13-12-30-8-6-9-33(34(30)20-31)40(53)51-42-50-37-10-4-5-11-38(37)61-42/h4-6,8-15,20-21,47H,7,16-19,22-28H2,1-3H3,(H,54,55)(H,50,51,53)(H2,56,57,58). The molecule has 4 fully saturated rings. The lowest BCUT2D eigenvalue weighted by atomic mass is 9.39. The van der Waals surface area contributed by atoms with Crippen LogP contribution < -0.4 is 10.6 Å². The van der Waals surface area contributed by atoms with E-state index in [2.05, 4.69) is 34.1 Å². The van der Waals surface area contributed by atoms with Crippen molar-refractivity contribution in [1.29, 1.82) is 0 Å². The maximum Gasteiger partial charge on any atom is 0.355 e. The topological polar surface area (TPSA) is 189 Å². The van der Waals surface area contributed by atoms with Gasteiger partial charge in [-0.05, 0) is 122 Å². The molecular formula is C46H51N6O7PS. The van der Waals surface area contributed by atoms with Crippen LogP contribution in [0, 0.1) is 23.2 Å². The van der Waals surface area contributed by atoms with E-state index in [1.807, 2.05) is 73.7 Å². The number of carbonyl (C=O) groups excluding carboxylic acids is 1. The number of rotatable bonds is 15. The largest absolute Gasteiger partial charge is 0.476 e. The van der Waals surface area contributed by atoms with Gasteiger partial charge in [-0.3, -0.25) is 19.4 Å². The number of carbonyl (C=O) groups is 2. The number of aromatic nitrogens is 4. The summed E-state index contributed by atoms with van der Waals surface area (Å²) >= 11 is 1.41. The Morgan fingerprint density at radius 3 is 2.44 bits per heavy atom. The van der Waals surface area contributed by atoms with Crippen molar-refractivity contribution in [3.8, 4) is 22.4 Å². The second-order valence-corrected chi connectivity index (χ2v) is 21.4.